The van der Waals surface area contributed by atoms with E-state index in [0.29, 0.717) is 19.3 Å². The number of esters is 3. The Morgan fingerprint density at radius 3 is 0.762 bits per heavy atom. The Labute approximate surface area is 497 Å². The standard InChI is InChI=1S/C74H132O6/c1-4-7-10-13-16-19-22-25-28-31-33-35-36-37-38-39-41-43-46-49-52-55-58-61-64-67-73(76)79-70-71(69-78-72(75)66-63-60-57-54-51-48-45-42-30-27-24-21-18-15-12-9-6-3)80-74(77)68-65-62-59-56-53-50-47-44-40-34-32-29-26-23-20-17-14-11-8-5-2/h7,10,16,19,25,28,33,35,37-38,41,43,71H,4-6,8-9,11-15,17-18,20-24,26-27,29-32,34,36,39-40,42,44-70H2,1-3H3/b10-7-,19-16-,28-25-,35-33-,38-37-,43-41-. The molecule has 6 heteroatoms. The minimum atomic E-state index is -0.780. The summed E-state index contributed by atoms with van der Waals surface area (Å²) >= 11 is 0. The van der Waals surface area contributed by atoms with Gasteiger partial charge in [-0.25, -0.2) is 0 Å². The molecule has 6 nitrogen and oxygen atoms in total. The fraction of sp³-hybridized carbons (Fsp3) is 0.797. The van der Waals surface area contributed by atoms with Crippen molar-refractivity contribution in [3.8, 4) is 0 Å². The third-order valence-electron chi connectivity index (χ3n) is 15.5. The zero-order valence-electron chi connectivity index (χ0n) is 53.3. The molecule has 0 amide bonds. The summed E-state index contributed by atoms with van der Waals surface area (Å²) in [6.45, 7) is 6.58. The zero-order valence-corrected chi connectivity index (χ0v) is 53.3. The highest BCUT2D eigenvalue weighted by Gasteiger charge is 2.19. The molecule has 0 radical (unpaired) electrons. The van der Waals surface area contributed by atoms with Gasteiger partial charge in [-0.3, -0.25) is 14.4 Å². The first-order chi connectivity index (χ1) is 39.5. The maximum absolute atomic E-state index is 13.0. The van der Waals surface area contributed by atoms with E-state index in [1.165, 1.54) is 218 Å². The van der Waals surface area contributed by atoms with Crippen LogP contribution in [0.2, 0.25) is 0 Å². The molecule has 0 saturated carbocycles. The average Bonchev–Trinajstić information content (AvgIpc) is 3.46. The maximum atomic E-state index is 13.0. The van der Waals surface area contributed by atoms with Crippen LogP contribution < -0.4 is 0 Å². The summed E-state index contributed by atoms with van der Waals surface area (Å²) in [6.07, 6.45) is 89.2. The van der Waals surface area contributed by atoms with Crippen molar-refractivity contribution in [1.82, 2.24) is 0 Å². The van der Waals surface area contributed by atoms with Gasteiger partial charge < -0.3 is 14.2 Å². The lowest BCUT2D eigenvalue weighted by molar-refractivity contribution is -0.167. The molecule has 0 saturated heterocycles. The van der Waals surface area contributed by atoms with E-state index in [2.05, 4.69) is 93.7 Å². The third kappa shape index (κ3) is 65.7. The summed E-state index contributed by atoms with van der Waals surface area (Å²) < 4.78 is 17.0. The molecule has 0 aliphatic heterocycles. The van der Waals surface area contributed by atoms with Crippen LogP contribution in [-0.2, 0) is 28.6 Å². The predicted molar refractivity (Wildman–Crippen MR) is 348 cm³/mol. The van der Waals surface area contributed by atoms with E-state index in [0.717, 1.165) is 103 Å². The highest BCUT2D eigenvalue weighted by molar-refractivity contribution is 5.71. The zero-order chi connectivity index (χ0) is 57.8. The van der Waals surface area contributed by atoms with Crippen LogP contribution >= 0.6 is 0 Å². The van der Waals surface area contributed by atoms with Gasteiger partial charge >= 0.3 is 17.9 Å². The number of unbranched alkanes of at least 4 members (excludes halogenated alkanes) is 41. The molecule has 0 fully saturated rings. The molecule has 0 aliphatic carbocycles. The van der Waals surface area contributed by atoms with Crippen molar-refractivity contribution in [1.29, 1.82) is 0 Å². The fourth-order valence-corrected chi connectivity index (χ4v) is 10.3. The van der Waals surface area contributed by atoms with Crippen molar-refractivity contribution in [2.75, 3.05) is 13.2 Å². The monoisotopic (exact) mass is 1120 g/mol. The molecule has 0 heterocycles. The van der Waals surface area contributed by atoms with Crippen LogP contribution in [0.25, 0.3) is 0 Å². The summed E-state index contributed by atoms with van der Waals surface area (Å²) in [5, 5.41) is 0. The summed E-state index contributed by atoms with van der Waals surface area (Å²) in [6, 6.07) is 0. The maximum Gasteiger partial charge on any atom is 0.306 e. The Bertz CT molecular complexity index is 1470. The Morgan fingerprint density at radius 1 is 0.263 bits per heavy atom. The summed E-state index contributed by atoms with van der Waals surface area (Å²) in [4.78, 5) is 38.5. The van der Waals surface area contributed by atoms with Crippen molar-refractivity contribution in [2.24, 2.45) is 0 Å². The van der Waals surface area contributed by atoms with E-state index in [1.54, 1.807) is 0 Å². The number of ether oxygens (including phenoxy) is 3. The van der Waals surface area contributed by atoms with Gasteiger partial charge in [-0.15, -0.1) is 0 Å². The molecular formula is C74H132O6. The molecule has 0 N–H and O–H groups in total. The molecule has 0 aromatic rings. The van der Waals surface area contributed by atoms with Crippen LogP contribution in [0.4, 0.5) is 0 Å². The number of carbonyl (C=O) groups is 3. The third-order valence-corrected chi connectivity index (χ3v) is 15.5. The van der Waals surface area contributed by atoms with Gasteiger partial charge in [0.05, 0.1) is 0 Å². The normalized spacial score (nSPS) is 12.5. The van der Waals surface area contributed by atoms with E-state index >= 15 is 0 Å². The first kappa shape index (κ1) is 76.9. The van der Waals surface area contributed by atoms with Gasteiger partial charge in [0.1, 0.15) is 13.2 Å². The fourth-order valence-electron chi connectivity index (χ4n) is 10.3. The molecule has 0 bridgehead atoms. The Morgan fingerprint density at radius 2 is 0.487 bits per heavy atom. The van der Waals surface area contributed by atoms with E-state index in [9.17, 15) is 14.4 Å². The second-order valence-corrected chi connectivity index (χ2v) is 23.4. The van der Waals surface area contributed by atoms with Gasteiger partial charge in [0.2, 0.25) is 0 Å². The minimum absolute atomic E-state index is 0.0748. The Kier molecular flexibility index (Phi) is 65.7. The molecule has 0 aromatic carbocycles. The van der Waals surface area contributed by atoms with E-state index in [4.69, 9.17) is 14.2 Å². The smallest absolute Gasteiger partial charge is 0.306 e. The van der Waals surface area contributed by atoms with Crippen molar-refractivity contribution in [3.63, 3.8) is 0 Å². The second kappa shape index (κ2) is 68.3. The number of hydrogen-bond donors (Lipinski definition) is 0. The molecule has 464 valence electrons. The van der Waals surface area contributed by atoms with E-state index in [-0.39, 0.29) is 31.1 Å². The first-order valence-corrected chi connectivity index (χ1v) is 34.9. The highest BCUT2D eigenvalue weighted by Crippen LogP contribution is 2.18. The molecule has 1 unspecified atom stereocenters. The number of rotatable bonds is 64. The number of allylic oxidation sites excluding steroid dienone is 12. The predicted octanol–water partition coefficient (Wildman–Crippen LogP) is 24.1. The van der Waals surface area contributed by atoms with Crippen LogP contribution in [0.1, 0.15) is 361 Å². The lowest BCUT2D eigenvalue weighted by Gasteiger charge is -2.18. The van der Waals surface area contributed by atoms with Gasteiger partial charge in [-0.1, -0.05) is 344 Å². The highest BCUT2D eigenvalue weighted by atomic mass is 16.6. The Balaban J connectivity index is 4.36. The van der Waals surface area contributed by atoms with Crippen molar-refractivity contribution >= 4 is 17.9 Å². The van der Waals surface area contributed by atoms with Crippen LogP contribution in [-0.4, -0.2) is 37.2 Å². The molecule has 0 aliphatic rings. The molecule has 0 rings (SSSR count). The van der Waals surface area contributed by atoms with Crippen LogP contribution in [0, 0.1) is 0 Å². The van der Waals surface area contributed by atoms with Gasteiger partial charge in [-0.2, -0.15) is 0 Å². The lowest BCUT2D eigenvalue weighted by Crippen LogP contribution is -2.30. The quantitative estimate of drug-likeness (QED) is 0.0261. The lowest BCUT2D eigenvalue weighted by atomic mass is 10.0. The number of hydrogen-bond acceptors (Lipinski definition) is 6. The van der Waals surface area contributed by atoms with Crippen LogP contribution in [0.15, 0.2) is 72.9 Å². The SMILES string of the molecule is CC/C=C\C/C=C\C/C=C\C/C=C\C/C=C\C/C=C\CCCCCCCCC(=O)OCC(COC(=O)CCCCCCCCCCCCCCCCCCC)OC(=O)CCCCCCCCCCCCCCCCCCCCCC. The van der Waals surface area contributed by atoms with Crippen molar-refractivity contribution in [3.05, 3.63) is 72.9 Å². The van der Waals surface area contributed by atoms with Gasteiger partial charge in [0.25, 0.3) is 0 Å². The van der Waals surface area contributed by atoms with Crippen LogP contribution in [0.5, 0.6) is 0 Å². The van der Waals surface area contributed by atoms with Crippen molar-refractivity contribution in [2.45, 2.75) is 367 Å². The van der Waals surface area contributed by atoms with E-state index in [1.807, 2.05) is 0 Å². The summed E-state index contributed by atoms with van der Waals surface area (Å²) in [5.41, 5.74) is 0. The van der Waals surface area contributed by atoms with E-state index < -0.39 is 6.10 Å². The van der Waals surface area contributed by atoms with Gasteiger partial charge in [0.15, 0.2) is 6.10 Å². The average molecular weight is 1120 g/mol. The van der Waals surface area contributed by atoms with Crippen LogP contribution in [0.3, 0.4) is 0 Å². The summed E-state index contributed by atoms with van der Waals surface area (Å²) in [7, 11) is 0. The molecular weight excluding hydrogens is 985 g/mol. The molecule has 0 aromatic heterocycles. The first-order valence-electron chi connectivity index (χ1n) is 34.9. The molecule has 1 atom stereocenters. The minimum Gasteiger partial charge on any atom is -0.462 e. The Hall–Kier alpha value is -3.15. The number of carbonyl (C=O) groups excluding carboxylic acids is 3. The van der Waals surface area contributed by atoms with Gasteiger partial charge in [0, 0.05) is 19.3 Å². The summed E-state index contributed by atoms with van der Waals surface area (Å²) in [5.74, 6) is -0.865. The van der Waals surface area contributed by atoms with Crippen molar-refractivity contribution < 1.29 is 28.6 Å². The molecule has 0 spiro atoms. The topological polar surface area (TPSA) is 78.9 Å². The second-order valence-electron chi connectivity index (χ2n) is 23.4. The van der Waals surface area contributed by atoms with Gasteiger partial charge in [-0.05, 0) is 70.6 Å². The molecule has 80 heavy (non-hydrogen) atoms. The largest absolute Gasteiger partial charge is 0.462 e.